The van der Waals surface area contributed by atoms with E-state index in [1.165, 1.54) is 0 Å². The van der Waals surface area contributed by atoms with E-state index in [-0.39, 0.29) is 10.6 Å². The molecule has 1 aliphatic rings. The van der Waals surface area contributed by atoms with Crippen LogP contribution in [0.2, 0.25) is 0 Å². The van der Waals surface area contributed by atoms with Crippen LogP contribution in [0.15, 0.2) is 68.0 Å². The van der Waals surface area contributed by atoms with Crippen molar-refractivity contribution >= 4 is 45.4 Å². The van der Waals surface area contributed by atoms with Crippen molar-refractivity contribution in [2.75, 3.05) is 19.0 Å². The smallest absolute Gasteiger partial charge is 0.286 e. The van der Waals surface area contributed by atoms with Crippen molar-refractivity contribution in [3.05, 3.63) is 79.7 Å². The van der Waals surface area contributed by atoms with Crippen molar-refractivity contribution in [3.63, 3.8) is 0 Å². The van der Waals surface area contributed by atoms with E-state index in [0.717, 1.165) is 27.7 Å². The van der Waals surface area contributed by atoms with Crippen LogP contribution < -0.4 is 16.0 Å². The number of nitrogens with zero attached hydrogens (tertiary/aromatic N) is 3. The van der Waals surface area contributed by atoms with E-state index in [9.17, 15) is 14.4 Å². The molecule has 8 heteroatoms. The number of rotatable bonds is 2. The van der Waals surface area contributed by atoms with Crippen LogP contribution in [0.3, 0.4) is 0 Å². The molecule has 0 aliphatic carbocycles. The van der Waals surface area contributed by atoms with Gasteiger partial charge < -0.3 is 4.90 Å². The van der Waals surface area contributed by atoms with Crippen molar-refractivity contribution in [1.82, 2.24) is 9.78 Å². The van der Waals surface area contributed by atoms with Crippen molar-refractivity contribution in [3.8, 4) is 0 Å². The van der Waals surface area contributed by atoms with E-state index >= 15 is 0 Å². The van der Waals surface area contributed by atoms with Gasteiger partial charge in [0, 0.05) is 19.8 Å². The van der Waals surface area contributed by atoms with Crippen LogP contribution in [0.25, 0.3) is 16.8 Å². The molecule has 7 nitrogen and oxygen atoms in total. The first kappa shape index (κ1) is 18.0. The first-order chi connectivity index (χ1) is 13.4. The van der Waals surface area contributed by atoms with Crippen LogP contribution in [0.4, 0.5) is 5.69 Å². The molecule has 2 aromatic carbocycles. The molecule has 140 valence electrons. The number of hydrogen-bond acceptors (Lipinski definition) is 5. The summed E-state index contributed by atoms with van der Waals surface area (Å²) in [4.78, 5) is 43.6. The number of fused-ring (bicyclic) bond motifs is 1. The number of hydrogen-bond donors (Lipinski definition) is 1. The number of nitrogens with one attached hydrogen (secondary N) is 1. The molecule has 0 radical (unpaired) electrons. The Morgan fingerprint density at radius 3 is 2.36 bits per heavy atom. The number of amides is 1. The summed E-state index contributed by atoms with van der Waals surface area (Å²) in [6.07, 6.45) is 1.72. The highest BCUT2D eigenvalue weighted by atomic mass is 32.2. The standard InChI is InChI=1S/C20H16N4O3S/c1-23(2)13-9-7-12(8-10-13)11-16-18(26)21-20(28-16)24-19(27)15-6-4-3-5-14(15)17(25)22-24/h3-11H,1-2H3,(H,22,25)/b16-11+. The zero-order chi connectivity index (χ0) is 19.8. The molecule has 0 spiro atoms. The topological polar surface area (TPSA) is 87.5 Å². The molecule has 0 unspecified atom stereocenters. The fraction of sp³-hybridized carbons (Fsp3) is 0.100. The van der Waals surface area contributed by atoms with E-state index in [1.54, 1.807) is 30.3 Å². The van der Waals surface area contributed by atoms with Crippen molar-refractivity contribution in [1.29, 1.82) is 0 Å². The van der Waals surface area contributed by atoms with Crippen molar-refractivity contribution in [2.45, 2.75) is 0 Å². The van der Waals surface area contributed by atoms with Gasteiger partial charge in [0.05, 0.1) is 15.7 Å². The summed E-state index contributed by atoms with van der Waals surface area (Å²) < 4.78 is 1.03. The number of carbonyl (C=O) groups is 1. The molecule has 0 fully saturated rings. The second-order valence-electron chi connectivity index (χ2n) is 6.42. The van der Waals surface area contributed by atoms with E-state index < -0.39 is 17.0 Å². The Morgan fingerprint density at radius 2 is 1.68 bits per heavy atom. The van der Waals surface area contributed by atoms with Crippen LogP contribution in [-0.2, 0) is 4.79 Å². The van der Waals surface area contributed by atoms with Gasteiger partial charge in [-0.15, -0.1) is 0 Å². The lowest BCUT2D eigenvalue weighted by Gasteiger charge is -2.11. The SMILES string of the molecule is CN(C)c1ccc(/C=C2/SC(n3[nH]c(=O)c4ccccc4c3=O)=NC2=O)cc1. The molecule has 0 bridgehead atoms. The molecule has 2 heterocycles. The van der Waals surface area contributed by atoms with Gasteiger partial charge in [0.1, 0.15) is 0 Å². The third kappa shape index (κ3) is 3.18. The fourth-order valence-electron chi connectivity index (χ4n) is 2.85. The first-order valence-electron chi connectivity index (χ1n) is 8.48. The third-order valence-corrected chi connectivity index (χ3v) is 5.30. The van der Waals surface area contributed by atoms with Gasteiger partial charge in [0.15, 0.2) is 5.17 Å². The van der Waals surface area contributed by atoms with Crippen molar-refractivity contribution < 1.29 is 4.79 Å². The number of anilines is 1. The molecule has 0 atom stereocenters. The fourth-order valence-corrected chi connectivity index (χ4v) is 3.72. The predicted molar refractivity (Wildman–Crippen MR) is 113 cm³/mol. The summed E-state index contributed by atoms with van der Waals surface area (Å²) in [6, 6.07) is 14.2. The van der Waals surface area contributed by atoms with Gasteiger partial charge in [0.2, 0.25) is 0 Å². The molecule has 1 amide bonds. The maximum atomic E-state index is 12.7. The number of aromatic amines is 1. The molecular formula is C20H16N4O3S. The second kappa shape index (κ2) is 6.97. The average molecular weight is 392 g/mol. The molecular weight excluding hydrogens is 376 g/mol. The highest BCUT2D eigenvalue weighted by Gasteiger charge is 2.25. The number of benzene rings is 2. The zero-order valence-corrected chi connectivity index (χ0v) is 16.0. The second-order valence-corrected chi connectivity index (χ2v) is 7.43. The molecule has 28 heavy (non-hydrogen) atoms. The zero-order valence-electron chi connectivity index (χ0n) is 15.2. The number of carbonyl (C=O) groups excluding carboxylic acids is 1. The average Bonchev–Trinajstić information content (AvgIpc) is 3.05. The lowest BCUT2D eigenvalue weighted by molar-refractivity contribution is -0.113. The quantitative estimate of drug-likeness (QED) is 0.676. The Labute approximate surface area is 164 Å². The van der Waals surface area contributed by atoms with Crippen LogP contribution in [0.5, 0.6) is 0 Å². The lowest BCUT2D eigenvalue weighted by Crippen LogP contribution is -2.33. The molecule has 0 saturated heterocycles. The number of H-pyrrole nitrogens is 1. The minimum Gasteiger partial charge on any atom is -0.378 e. The van der Waals surface area contributed by atoms with Gasteiger partial charge in [-0.2, -0.15) is 9.67 Å². The molecule has 1 aliphatic heterocycles. The summed E-state index contributed by atoms with van der Waals surface area (Å²) in [5.74, 6) is -0.447. The van der Waals surface area contributed by atoms with Crippen LogP contribution in [0, 0.1) is 0 Å². The van der Waals surface area contributed by atoms with Gasteiger partial charge in [-0.3, -0.25) is 19.5 Å². The first-order valence-corrected chi connectivity index (χ1v) is 9.30. The predicted octanol–water partition coefficient (Wildman–Crippen LogP) is 2.27. The Balaban J connectivity index is 1.69. The highest BCUT2D eigenvalue weighted by Crippen LogP contribution is 2.29. The Hall–Kier alpha value is -3.39. The molecule has 1 aromatic heterocycles. The van der Waals surface area contributed by atoms with Crippen LogP contribution >= 0.6 is 11.8 Å². The Morgan fingerprint density at radius 1 is 1.00 bits per heavy atom. The summed E-state index contributed by atoms with van der Waals surface area (Å²) >= 11 is 1.05. The molecule has 3 aromatic rings. The van der Waals surface area contributed by atoms with Gasteiger partial charge in [-0.25, -0.2) is 0 Å². The maximum absolute atomic E-state index is 12.7. The molecule has 1 N–H and O–H groups in total. The normalized spacial score (nSPS) is 15.3. The van der Waals surface area contributed by atoms with E-state index in [2.05, 4.69) is 10.1 Å². The summed E-state index contributed by atoms with van der Waals surface area (Å²) in [7, 11) is 3.90. The van der Waals surface area contributed by atoms with E-state index in [0.29, 0.717) is 10.3 Å². The summed E-state index contributed by atoms with van der Waals surface area (Å²) in [5.41, 5.74) is 1.05. The number of thioether (sulfide) groups is 1. The summed E-state index contributed by atoms with van der Waals surface area (Å²) in [6.45, 7) is 0. The Kier molecular flexibility index (Phi) is 4.48. The summed E-state index contributed by atoms with van der Waals surface area (Å²) in [5, 5.41) is 3.21. The van der Waals surface area contributed by atoms with Crippen molar-refractivity contribution in [2.24, 2.45) is 4.99 Å². The Bertz CT molecular complexity index is 1270. The van der Waals surface area contributed by atoms with Gasteiger partial charge in [0.25, 0.3) is 17.0 Å². The van der Waals surface area contributed by atoms with Gasteiger partial charge in [-0.1, -0.05) is 24.3 Å². The number of aliphatic imine (C=N–C) groups is 1. The van der Waals surface area contributed by atoms with Gasteiger partial charge >= 0.3 is 0 Å². The minimum atomic E-state index is -0.447. The maximum Gasteiger partial charge on any atom is 0.286 e. The molecule has 4 rings (SSSR count). The van der Waals surface area contributed by atoms with E-state index in [4.69, 9.17) is 0 Å². The van der Waals surface area contributed by atoms with Crippen LogP contribution in [-0.4, -0.2) is 35.0 Å². The van der Waals surface area contributed by atoms with Crippen LogP contribution in [0.1, 0.15) is 5.56 Å². The minimum absolute atomic E-state index is 0.133. The highest BCUT2D eigenvalue weighted by molar-refractivity contribution is 8.18. The monoisotopic (exact) mass is 392 g/mol. The third-order valence-electron chi connectivity index (χ3n) is 4.33. The number of aromatic nitrogens is 2. The lowest BCUT2D eigenvalue weighted by atomic mass is 10.2. The van der Waals surface area contributed by atoms with Gasteiger partial charge in [-0.05, 0) is 47.7 Å². The molecule has 0 saturated carbocycles. The van der Waals surface area contributed by atoms with E-state index in [1.807, 2.05) is 43.3 Å². The largest absolute Gasteiger partial charge is 0.378 e.